The number of carbonyl (C=O) groups is 1. The van der Waals surface area contributed by atoms with E-state index in [0.29, 0.717) is 0 Å². The Morgan fingerprint density at radius 1 is 0.933 bits per heavy atom. The van der Waals surface area contributed by atoms with E-state index in [1.807, 2.05) is 42.5 Å². The van der Waals surface area contributed by atoms with Gasteiger partial charge in [0.25, 0.3) is 0 Å². The highest BCUT2D eigenvalue weighted by Gasteiger charge is 2.37. The summed E-state index contributed by atoms with van der Waals surface area (Å²) in [6.07, 6.45) is 3.88. The molecule has 4 rings (SSSR count). The Hall–Kier alpha value is -3.15. The zero-order chi connectivity index (χ0) is 21.6. The fourth-order valence-electron chi connectivity index (χ4n) is 4.44. The van der Waals surface area contributed by atoms with E-state index >= 15 is 0 Å². The van der Waals surface area contributed by atoms with E-state index in [1.165, 1.54) is 24.3 Å². The third-order valence-corrected chi connectivity index (χ3v) is 5.90. The summed E-state index contributed by atoms with van der Waals surface area (Å²) in [5.41, 5.74) is 2.45. The van der Waals surface area contributed by atoms with E-state index in [2.05, 4.69) is 0 Å². The first kappa shape index (κ1) is 20.1. The molecule has 4 aromatic rings. The molecular formula is C24H24F2N2O2. The molecule has 0 atom stereocenters. The highest BCUT2D eigenvalue weighted by Crippen LogP contribution is 2.43. The predicted molar refractivity (Wildman–Crippen MR) is 113 cm³/mol. The highest BCUT2D eigenvalue weighted by atomic mass is 19.1. The number of aromatic nitrogens is 2. The number of benzene rings is 2. The molecule has 30 heavy (non-hydrogen) atoms. The Kier molecular flexibility index (Phi) is 4.88. The molecule has 2 heterocycles. The molecule has 0 bridgehead atoms. The number of fused-ring (bicyclic) bond motifs is 2. The van der Waals surface area contributed by atoms with E-state index in [0.717, 1.165) is 32.9 Å². The Labute approximate surface area is 173 Å². The first-order chi connectivity index (χ1) is 14.2. The number of hydrogen-bond donors (Lipinski definition) is 0. The van der Waals surface area contributed by atoms with Crippen LogP contribution in [0.3, 0.4) is 0 Å². The van der Waals surface area contributed by atoms with Crippen LogP contribution in [0, 0.1) is 11.6 Å². The summed E-state index contributed by atoms with van der Waals surface area (Å²) in [6.45, 7) is 3.96. The van der Waals surface area contributed by atoms with Crippen molar-refractivity contribution in [2.75, 3.05) is 6.61 Å². The van der Waals surface area contributed by atoms with E-state index < -0.39 is 5.41 Å². The van der Waals surface area contributed by atoms with Crippen molar-refractivity contribution in [1.29, 1.82) is 0 Å². The van der Waals surface area contributed by atoms with Crippen LogP contribution in [-0.4, -0.2) is 21.7 Å². The minimum absolute atomic E-state index is 0.0477. The van der Waals surface area contributed by atoms with Crippen LogP contribution in [0.15, 0.2) is 48.8 Å². The van der Waals surface area contributed by atoms with Crippen molar-refractivity contribution in [1.82, 2.24) is 9.13 Å². The van der Waals surface area contributed by atoms with Crippen LogP contribution in [-0.2, 0) is 29.0 Å². The standard InChI is InChI=1S/C24H24F2N2O2/c1-5-30-23(29)12-24(2,19-13-27(3)21-8-6-15(25)10-17(19)21)20-14-28(4)22-9-7-16(26)11-18(20)22/h6-11,13-14H,5,12H2,1-4H3. The first-order valence-corrected chi connectivity index (χ1v) is 9.90. The molecule has 0 radical (unpaired) electrons. The quantitative estimate of drug-likeness (QED) is 0.424. The summed E-state index contributed by atoms with van der Waals surface area (Å²) in [4.78, 5) is 12.6. The molecule has 0 saturated heterocycles. The first-order valence-electron chi connectivity index (χ1n) is 9.90. The van der Waals surface area contributed by atoms with Crippen molar-refractivity contribution in [2.24, 2.45) is 14.1 Å². The van der Waals surface area contributed by atoms with E-state index in [9.17, 15) is 13.6 Å². The van der Waals surface area contributed by atoms with Crippen LogP contribution in [0.2, 0.25) is 0 Å². The number of hydrogen-bond acceptors (Lipinski definition) is 2. The van der Waals surface area contributed by atoms with Gasteiger partial charge in [-0.1, -0.05) is 6.92 Å². The summed E-state index contributed by atoms with van der Waals surface area (Å²) < 4.78 is 37.4. The number of nitrogens with zero attached hydrogens (tertiary/aromatic N) is 2. The van der Waals surface area contributed by atoms with Crippen LogP contribution >= 0.6 is 0 Å². The average Bonchev–Trinajstić information content (AvgIpc) is 3.19. The Bertz CT molecular complexity index is 1180. The van der Waals surface area contributed by atoms with Gasteiger partial charge in [-0.3, -0.25) is 4.79 Å². The number of carbonyl (C=O) groups excluding carboxylic acids is 1. The molecule has 0 amide bonds. The van der Waals surface area contributed by atoms with Gasteiger partial charge in [-0.05, 0) is 54.4 Å². The molecule has 2 aromatic heterocycles. The smallest absolute Gasteiger partial charge is 0.307 e. The maximum atomic E-state index is 14.2. The molecule has 0 spiro atoms. The van der Waals surface area contributed by atoms with Crippen molar-refractivity contribution >= 4 is 27.8 Å². The van der Waals surface area contributed by atoms with Gasteiger partial charge in [0.1, 0.15) is 11.6 Å². The van der Waals surface area contributed by atoms with Crippen LogP contribution in [0.25, 0.3) is 21.8 Å². The van der Waals surface area contributed by atoms with Gasteiger partial charge in [0, 0.05) is 53.7 Å². The number of ether oxygens (including phenoxy) is 1. The molecule has 0 aliphatic rings. The molecule has 6 heteroatoms. The maximum Gasteiger partial charge on any atom is 0.307 e. The van der Waals surface area contributed by atoms with Crippen LogP contribution in [0.5, 0.6) is 0 Å². The molecular weight excluding hydrogens is 386 g/mol. The molecule has 0 aliphatic heterocycles. The van der Waals surface area contributed by atoms with Gasteiger partial charge in [0.05, 0.1) is 13.0 Å². The van der Waals surface area contributed by atoms with Crippen molar-refractivity contribution in [3.8, 4) is 0 Å². The topological polar surface area (TPSA) is 36.2 Å². The molecule has 0 aliphatic carbocycles. The molecule has 0 fully saturated rings. The molecule has 2 aromatic carbocycles. The second kappa shape index (κ2) is 7.27. The summed E-state index contributed by atoms with van der Waals surface area (Å²) in [5.74, 6) is -1.06. The highest BCUT2D eigenvalue weighted by molar-refractivity contribution is 5.91. The fraction of sp³-hybridized carbons (Fsp3) is 0.292. The van der Waals surface area contributed by atoms with Crippen LogP contribution in [0.1, 0.15) is 31.4 Å². The Balaban J connectivity index is 2.04. The molecule has 156 valence electrons. The lowest BCUT2D eigenvalue weighted by Crippen LogP contribution is -2.28. The van der Waals surface area contributed by atoms with Gasteiger partial charge in [-0.15, -0.1) is 0 Å². The van der Waals surface area contributed by atoms with Crippen molar-refractivity contribution in [3.63, 3.8) is 0 Å². The maximum absolute atomic E-state index is 14.2. The second-order valence-corrected chi connectivity index (χ2v) is 7.94. The zero-order valence-electron chi connectivity index (χ0n) is 17.5. The number of esters is 1. The molecule has 4 nitrogen and oxygen atoms in total. The van der Waals surface area contributed by atoms with E-state index in [4.69, 9.17) is 4.74 Å². The van der Waals surface area contributed by atoms with Crippen molar-refractivity contribution in [3.05, 3.63) is 71.6 Å². The fourth-order valence-corrected chi connectivity index (χ4v) is 4.44. The zero-order valence-corrected chi connectivity index (χ0v) is 17.5. The van der Waals surface area contributed by atoms with Gasteiger partial charge < -0.3 is 13.9 Å². The average molecular weight is 410 g/mol. The largest absolute Gasteiger partial charge is 0.466 e. The minimum Gasteiger partial charge on any atom is -0.466 e. The summed E-state index contributed by atoms with van der Waals surface area (Å²) in [6, 6.07) is 9.26. The van der Waals surface area contributed by atoms with Crippen LogP contribution < -0.4 is 0 Å². The lowest BCUT2D eigenvalue weighted by molar-refractivity contribution is -0.144. The van der Waals surface area contributed by atoms with Gasteiger partial charge in [0.15, 0.2) is 0 Å². The molecule has 0 saturated carbocycles. The molecule has 0 unspecified atom stereocenters. The SMILES string of the molecule is CCOC(=O)CC(C)(c1cn(C)c2ccc(F)cc12)c1cn(C)c2ccc(F)cc12. The monoisotopic (exact) mass is 410 g/mol. The second-order valence-electron chi connectivity index (χ2n) is 7.94. The van der Waals surface area contributed by atoms with Gasteiger partial charge in [0.2, 0.25) is 0 Å². The predicted octanol–water partition coefficient (Wildman–Crippen LogP) is 5.21. The normalized spacial score (nSPS) is 12.1. The lowest BCUT2D eigenvalue weighted by Gasteiger charge is -2.29. The number of halogens is 2. The molecule has 0 N–H and O–H groups in total. The summed E-state index contributed by atoms with van der Waals surface area (Å²) in [7, 11) is 3.77. The third kappa shape index (κ3) is 3.16. The van der Waals surface area contributed by atoms with Crippen LogP contribution in [0.4, 0.5) is 8.78 Å². The number of rotatable bonds is 5. The number of aryl methyl sites for hydroxylation is 2. The van der Waals surface area contributed by atoms with Crippen molar-refractivity contribution < 1.29 is 18.3 Å². The van der Waals surface area contributed by atoms with Gasteiger partial charge in [-0.2, -0.15) is 0 Å². The van der Waals surface area contributed by atoms with E-state index in [1.54, 1.807) is 19.1 Å². The summed E-state index contributed by atoms with van der Waals surface area (Å²) >= 11 is 0. The lowest BCUT2D eigenvalue weighted by atomic mass is 9.73. The van der Waals surface area contributed by atoms with Gasteiger partial charge >= 0.3 is 5.97 Å². The minimum atomic E-state index is -0.854. The van der Waals surface area contributed by atoms with Gasteiger partial charge in [-0.25, -0.2) is 8.78 Å². The third-order valence-electron chi connectivity index (χ3n) is 5.90. The van der Waals surface area contributed by atoms with Crippen molar-refractivity contribution in [2.45, 2.75) is 25.7 Å². The van der Waals surface area contributed by atoms with E-state index in [-0.39, 0.29) is 30.6 Å². The Morgan fingerprint density at radius 3 is 1.83 bits per heavy atom. The Morgan fingerprint density at radius 2 is 1.40 bits per heavy atom. The summed E-state index contributed by atoms with van der Waals surface area (Å²) in [5, 5.41) is 1.44.